The Morgan fingerprint density at radius 3 is 3.06 bits per heavy atom. The quantitative estimate of drug-likeness (QED) is 0.778. The molecule has 1 aliphatic rings. The molecule has 0 N–H and O–H groups in total. The molecule has 1 amide bonds. The van der Waals surface area contributed by atoms with E-state index >= 15 is 0 Å². The second-order valence-corrected chi connectivity index (χ2v) is 4.62. The van der Waals surface area contributed by atoms with Gasteiger partial charge in [0.05, 0.1) is 6.20 Å². The summed E-state index contributed by atoms with van der Waals surface area (Å²) < 4.78 is 12.7. The summed E-state index contributed by atoms with van der Waals surface area (Å²) in [6.07, 6.45) is 2.99. The van der Waals surface area contributed by atoms with E-state index in [0.29, 0.717) is 17.5 Å². The molecule has 1 unspecified atom stereocenters. The number of amides is 1. The predicted octanol–water partition coefficient (Wildman–Crippen LogP) is 2.31. The van der Waals surface area contributed by atoms with Crippen molar-refractivity contribution in [2.45, 2.75) is 12.8 Å². The van der Waals surface area contributed by atoms with Crippen molar-refractivity contribution in [1.82, 2.24) is 9.88 Å². The first-order valence-electron chi connectivity index (χ1n) is 5.67. The van der Waals surface area contributed by atoms with Gasteiger partial charge in [0, 0.05) is 19.0 Å². The van der Waals surface area contributed by atoms with Crippen molar-refractivity contribution in [2.24, 2.45) is 5.92 Å². The number of pyridine rings is 1. The molecule has 1 fully saturated rings. The molecule has 0 radical (unpaired) electrons. The maximum Gasteiger partial charge on any atom is 0.272 e. The normalized spacial score (nSPS) is 19.6. The average molecular weight is 257 g/mol. The fourth-order valence-corrected chi connectivity index (χ4v) is 2.38. The van der Waals surface area contributed by atoms with Gasteiger partial charge in [-0.15, -0.1) is 11.6 Å². The molecule has 1 saturated heterocycles. The maximum absolute atomic E-state index is 12.7. The Morgan fingerprint density at radius 2 is 2.41 bits per heavy atom. The van der Waals surface area contributed by atoms with E-state index in [2.05, 4.69) is 4.98 Å². The molecule has 2 rings (SSSR count). The van der Waals surface area contributed by atoms with Crippen molar-refractivity contribution in [3.8, 4) is 0 Å². The molecule has 1 atom stereocenters. The molecular weight excluding hydrogens is 243 g/mol. The van der Waals surface area contributed by atoms with Gasteiger partial charge in [0.1, 0.15) is 11.5 Å². The Bertz CT molecular complexity index is 396. The zero-order chi connectivity index (χ0) is 12.3. The minimum Gasteiger partial charge on any atom is -0.337 e. The fraction of sp³-hybridized carbons (Fsp3) is 0.500. The van der Waals surface area contributed by atoms with Crippen LogP contribution in [0.25, 0.3) is 0 Å². The minimum absolute atomic E-state index is 0.123. The standard InChI is InChI=1S/C12H14ClFN2O/c13-5-3-9-4-6-16(8-9)12(17)11-2-1-10(14)7-15-11/h1-2,7,9H,3-6,8H2. The molecule has 0 saturated carbocycles. The zero-order valence-corrected chi connectivity index (χ0v) is 10.2. The molecule has 17 heavy (non-hydrogen) atoms. The third kappa shape index (κ3) is 2.94. The van der Waals surface area contributed by atoms with Crippen LogP contribution >= 0.6 is 11.6 Å². The summed E-state index contributed by atoms with van der Waals surface area (Å²) >= 11 is 5.69. The SMILES string of the molecule is O=C(c1ccc(F)cn1)N1CCC(CCCl)C1. The highest BCUT2D eigenvalue weighted by Crippen LogP contribution is 2.21. The van der Waals surface area contributed by atoms with Gasteiger partial charge < -0.3 is 4.90 Å². The summed E-state index contributed by atoms with van der Waals surface area (Å²) in [5.74, 6) is 0.559. The van der Waals surface area contributed by atoms with Crippen LogP contribution in [0.1, 0.15) is 23.3 Å². The van der Waals surface area contributed by atoms with Gasteiger partial charge in [-0.05, 0) is 30.9 Å². The molecule has 5 heteroatoms. The van der Waals surface area contributed by atoms with Crippen molar-refractivity contribution in [2.75, 3.05) is 19.0 Å². The van der Waals surface area contributed by atoms with E-state index in [1.807, 2.05) is 0 Å². The summed E-state index contributed by atoms with van der Waals surface area (Å²) in [5, 5.41) is 0. The predicted molar refractivity (Wildman–Crippen MR) is 63.5 cm³/mol. The van der Waals surface area contributed by atoms with Gasteiger partial charge >= 0.3 is 0 Å². The molecule has 1 aromatic heterocycles. The highest BCUT2D eigenvalue weighted by Gasteiger charge is 2.26. The molecule has 0 spiro atoms. The number of alkyl halides is 1. The Kier molecular flexibility index (Phi) is 3.94. The summed E-state index contributed by atoms with van der Waals surface area (Å²) in [6.45, 7) is 1.46. The highest BCUT2D eigenvalue weighted by atomic mass is 35.5. The first-order chi connectivity index (χ1) is 8.20. The van der Waals surface area contributed by atoms with Crippen LogP contribution < -0.4 is 0 Å². The molecular formula is C12H14ClFN2O. The number of halogens is 2. The third-order valence-corrected chi connectivity index (χ3v) is 3.26. The first kappa shape index (κ1) is 12.3. The molecule has 2 heterocycles. The van der Waals surface area contributed by atoms with Crippen LogP contribution in [0.15, 0.2) is 18.3 Å². The van der Waals surface area contributed by atoms with E-state index in [1.165, 1.54) is 12.1 Å². The van der Waals surface area contributed by atoms with Gasteiger partial charge in [0.25, 0.3) is 5.91 Å². The van der Waals surface area contributed by atoms with E-state index < -0.39 is 5.82 Å². The maximum atomic E-state index is 12.7. The van der Waals surface area contributed by atoms with Crippen molar-refractivity contribution in [1.29, 1.82) is 0 Å². The minimum atomic E-state index is -0.428. The van der Waals surface area contributed by atoms with Crippen LogP contribution in [-0.4, -0.2) is 34.8 Å². The number of aromatic nitrogens is 1. The second kappa shape index (κ2) is 5.45. The first-order valence-corrected chi connectivity index (χ1v) is 6.21. The van der Waals surface area contributed by atoms with E-state index in [-0.39, 0.29) is 5.91 Å². The lowest BCUT2D eigenvalue weighted by Crippen LogP contribution is -2.29. The monoisotopic (exact) mass is 256 g/mol. The number of likely N-dealkylation sites (tertiary alicyclic amines) is 1. The lowest BCUT2D eigenvalue weighted by atomic mass is 10.1. The molecule has 1 aromatic rings. The molecule has 92 valence electrons. The van der Waals surface area contributed by atoms with E-state index in [0.717, 1.165) is 32.1 Å². The zero-order valence-electron chi connectivity index (χ0n) is 9.40. The van der Waals surface area contributed by atoms with E-state index in [4.69, 9.17) is 11.6 Å². The number of carbonyl (C=O) groups excluding carboxylic acids is 1. The summed E-state index contributed by atoms with van der Waals surface area (Å²) in [5.41, 5.74) is 0.304. The largest absolute Gasteiger partial charge is 0.337 e. The number of rotatable bonds is 3. The van der Waals surface area contributed by atoms with Crippen LogP contribution in [0.3, 0.4) is 0 Å². The third-order valence-electron chi connectivity index (χ3n) is 3.04. The topological polar surface area (TPSA) is 33.2 Å². The van der Waals surface area contributed by atoms with E-state index in [9.17, 15) is 9.18 Å². The van der Waals surface area contributed by atoms with Gasteiger partial charge in [-0.25, -0.2) is 9.37 Å². The Labute approximate surface area is 105 Å². The lowest BCUT2D eigenvalue weighted by molar-refractivity contribution is 0.0781. The van der Waals surface area contributed by atoms with E-state index in [1.54, 1.807) is 4.90 Å². The fourth-order valence-electron chi connectivity index (χ4n) is 2.07. The van der Waals surface area contributed by atoms with Crippen LogP contribution in [0.4, 0.5) is 4.39 Å². The van der Waals surface area contributed by atoms with Crippen LogP contribution in [0, 0.1) is 11.7 Å². The molecule has 1 aliphatic heterocycles. The van der Waals surface area contributed by atoms with Crippen LogP contribution in [-0.2, 0) is 0 Å². The number of hydrogen-bond donors (Lipinski definition) is 0. The van der Waals surface area contributed by atoms with Crippen molar-refractivity contribution in [3.05, 3.63) is 29.8 Å². The summed E-state index contributed by atoms with van der Waals surface area (Å²) in [7, 11) is 0. The van der Waals surface area contributed by atoms with Gasteiger partial charge in [0.15, 0.2) is 0 Å². The highest BCUT2D eigenvalue weighted by molar-refractivity contribution is 6.17. The number of nitrogens with zero attached hydrogens (tertiary/aromatic N) is 2. The second-order valence-electron chi connectivity index (χ2n) is 4.25. The van der Waals surface area contributed by atoms with Crippen LogP contribution in [0.2, 0.25) is 0 Å². The average Bonchev–Trinajstić information content (AvgIpc) is 2.78. The number of hydrogen-bond acceptors (Lipinski definition) is 2. The molecule has 0 bridgehead atoms. The Balaban J connectivity index is 1.99. The summed E-state index contributed by atoms with van der Waals surface area (Å²) in [6, 6.07) is 2.68. The molecule has 3 nitrogen and oxygen atoms in total. The smallest absolute Gasteiger partial charge is 0.272 e. The van der Waals surface area contributed by atoms with Gasteiger partial charge in [0.2, 0.25) is 0 Å². The van der Waals surface area contributed by atoms with Crippen molar-refractivity contribution >= 4 is 17.5 Å². The molecule has 0 aromatic carbocycles. The number of carbonyl (C=O) groups is 1. The Morgan fingerprint density at radius 1 is 1.59 bits per heavy atom. The summed E-state index contributed by atoms with van der Waals surface area (Å²) in [4.78, 5) is 17.6. The van der Waals surface area contributed by atoms with Gasteiger partial charge in [-0.3, -0.25) is 4.79 Å². The Hall–Kier alpha value is -1.16. The van der Waals surface area contributed by atoms with Gasteiger partial charge in [-0.1, -0.05) is 0 Å². The van der Waals surface area contributed by atoms with Gasteiger partial charge in [-0.2, -0.15) is 0 Å². The van der Waals surface area contributed by atoms with Crippen LogP contribution in [0.5, 0.6) is 0 Å². The van der Waals surface area contributed by atoms with Crippen molar-refractivity contribution in [3.63, 3.8) is 0 Å². The van der Waals surface area contributed by atoms with Crippen molar-refractivity contribution < 1.29 is 9.18 Å². The lowest BCUT2D eigenvalue weighted by Gasteiger charge is -2.15. The molecule has 0 aliphatic carbocycles.